The van der Waals surface area contributed by atoms with Gasteiger partial charge in [-0.15, -0.1) is 13.2 Å². The van der Waals surface area contributed by atoms with Gasteiger partial charge < -0.3 is 10.1 Å². The number of nitrogens with one attached hydrogen (secondary N) is 3. The molecule has 11 heteroatoms. The summed E-state index contributed by atoms with van der Waals surface area (Å²) in [7, 11) is 1.75. The third-order valence-electron chi connectivity index (χ3n) is 5.70. The van der Waals surface area contributed by atoms with Gasteiger partial charge in [0, 0.05) is 23.7 Å². The van der Waals surface area contributed by atoms with Crippen LogP contribution in [0.15, 0.2) is 71.8 Å². The van der Waals surface area contributed by atoms with Gasteiger partial charge in [0.1, 0.15) is 11.4 Å². The van der Waals surface area contributed by atoms with Crippen LogP contribution >= 0.6 is 12.2 Å². The van der Waals surface area contributed by atoms with E-state index in [4.69, 9.17) is 17.6 Å². The molecule has 0 radical (unpaired) electrons. The molecule has 0 atom stereocenters. The number of halogens is 3. The van der Waals surface area contributed by atoms with Crippen molar-refractivity contribution in [3.8, 4) is 5.75 Å². The van der Waals surface area contributed by atoms with Crippen molar-refractivity contribution < 1.29 is 17.9 Å². The fourth-order valence-electron chi connectivity index (χ4n) is 3.93. The van der Waals surface area contributed by atoms with Crippen molar-refractivity contribution in [2.75, 3.05) is 5.32 Å². The van der Waals surface area contributed by atoms with Crippen molar-refractivity contribution >= 4 is 45.8 Å². The number of anilines is 1. The van der Waals surface area contributed by atoms with Crippen LogP contribution in [-0.2, 0) is 7.05 Å². The Bertz CT molecular complexity index is 1510. The summed E-state index contributed by atoms with van der Waals surface area (Å²) in [6.07, 6.45) is -3.15. The summed E-state index contributed by atoms with van der Waals surface area (Å²) in [4.78, 5) is 0. The van der Waals surface area contributed by atoms with Crippen molar-refractivity contribution in [3.05, 3.63) is 89.1 Å². The molecule has 1 aromatic heterocycles. The average molecular weight is 539 g/mol. The monoisotopic (exact) mass is 538 g/mol. The molecule has 0 fully saturated rings. The smallest absolute Gasteiger partial charge is 0.406 e. The first-order valence-electron chi connectivity index (χ1n) is 11.6. The molecule has 0 saturated heterocycles. The minimum Gasteiger partial charge on any atom is -0.406 e. The Morgan fingerprint density at radius 3 is 2.50 bits per heavy atom. The summed E-state index contributed by atoms with van der Waals surface area (Å²) in [6.45, 7) is 4.22. The van der Waals surface area contributed by atoms with Crippen molar-refractivity contribution in [3.63, 3.8) is 0 Å². The van der Waals surface area contributed by atoms with Gasteiger partial charge in [0.2, 0.25) is 0 Å². The topological polar surface area (TPSA) is 87.3 Å². The predicted molar refractivity (Wildman–Crippen MR) is 147 cm³/mol. The Labute approximate surface area is 222 Å². The van der Waals surface area contributed by atoms with Gasteiger partial charge in [-0.2, -0.15) is 10.2 Å². The van der Waals surface area contributed by atoms with Gasteiger partial charge in [-0.3, -0.25) is 15.5 Å². The fourth-order valence-corrected chi connectivity index (χ4v) is 4.09. The molecule has 0 aliphatic rings. The van der Waals surface area contributed by atoms with Gasteiger partial charge >= 0.3 is 6.36 Å². The zero-order valence-electron chi connectivity index (χ0n) is 20.8. The minimum atomic E-state index is -4.77. The van der Waals surface area contributed by atoms with E-state index in [0.29, 0.717) is 22.3 Å². The van der Waals surface area contributed by atoms with Crippen LogP contribution in [-0.4, -0.2) is 33.2 Å². The molecule has 3 aromatic carbocycles. The lowest BCUT2D eigenvalue weighted by molar-refractivity contribution is -0.274. The third-order valence-corrected chi connectivity index (χ3v) is 5.89. The molecule has 0 bridgehead atoms. The molecule has 0 spiro atoms. The van der Waals surface area contributed by atoms with Crippen molar-refractivity contribution in [1.82, 2.24) is 15.2 Å². The Balaban J connectivity index is 1.46. The molecular formula is C27H25F3N6OS. The summed E-state index contributed by atoms with van der Waals surface area (Å²) < 4.78 is 42.8. The molecule has 3 N–H and O–H groups in total. The largest absolute Gasteiger partial charge is 0.573 e. The number of hydrogen-bond acceptors (Lipinski definition) is 5. The summed E-state index contributed by atoms with van der Waals surface area (Å²) >= 11 is 5.37. The number of para-hydroxylation sites is 1. The van der Waals surface area contributed by atoms with E-state index in [0.717, 1.165) is 27.7 Å². The van der Waals surface area contributed by atoms with E-state index in [-0.39, 0.29) is 11.5 Å². The summed E-state index contributed by atoms with van der Waals surface area (Å²) in [5.41, 5.74) is 7.33. The van der Waals surface area contributed by atoms with E-state index in [1.165, 1.54) is 24.3 Å². The molecule has 0 aliphatic heterocycles. The number of nitrogens with zero attached hydrogens (tertiary/aromatic N) is 3. The van der Waals surface area contributed by atoms with Gasteiger partial charge in [0.05, 0.1) is 17.4 Å². The number of aromatic nitrogens is 2. The maximum atomic E-state index is 12.4. The average Bonchev–Trinajstić information content (AvgIpc) is 3.19. The molecule has 0 aliphatic carbocycles. The van der Waals surface area contributed by atoms with Gasteiger partial charge in [-0.05, 0) is 71.7 Å². The van der Waals surface area contributed by atoms with E-state index >= 15 is 0 Å². The first-order chi connectivity index (χ1) is 18.0. The van der Waals surface area contributed by atoms with Gasteiger partial charge in [-0.25, -0.2) is 0 Å². The SMILES string of the molecule is CC(C)c1ccccc1NC(=S)N/N=C/c1ccc2c(C(=N)c3ccc(OC(F)(F)F)cc3)nn(C)c2c1. The van der Waals surface area contributed by atoms with Crippen LogP contribution in [0.25, 0.3) is 10.9 Å². The molecule has 4 rings (SSSR count). The first kappa shape index (κ1) is 26.8. The van der Waals surface area contributed by atoms with Crippen LogP contribution in [0.5, 0.6) is 5.75 Å². The zero-order chi connectivity index (χ0) is 27.4. The normalized spacial score (nSPS) is 11.8. The quantitative estimate of drug-likeness (QED) is 0.145. The molecule has 0 amide bonds. The number of fused-ring (bicyclic) bond motifs is 1. The summed E-state index contributed by atoms with van der Waals surface area (Å²) in [5, 5.41) is 21.5. The Morgan fingerprint density at radius 1 is 1.11 bits per heavy atom. The number of hydrazone groups is 1. The van der Waals surface area contributed by atoms with Gasteiger partial charge in [0.25, 0.3) is 0 Å². The van der Waals surface area contributed by atoms with Crippen LogP contribution in [0.1, 0.15) is 42.1 Å². The zero-order valence-corrected chi connectivity index (χ0v) is 21.6. The van der Waals surface area contributed by atoms with Crippen molar-refractivity contribution in [2.45, 2.75) is 26.1 Å². The predicted octanol–water partition coefficient (Wildman–Crippen LogP) is 6.33. The number of benzene rings is 3. The number of alkyl halides is 3. The second-order valence-electron chi connectivity index (χ2n) is 8.76. The van der Waals surface area contributed by atoms with E-state index in [1.54, 1.807) is 17.9 Å². The number of hydrogen-bond donors (Lipinski definition) is 3. The standard InChI is InChI=1S/C27H25F3N6OS/c1-16(2)20-6-4-5-7-22(20)33-26(38)34-32-15-17-8-13-21-23(14-17)36(3)35-25(21)24(31)18-9-11-19(12-10-18)37-27(28,29)30/h4-16,31H,1-3H3,(H2,33,34,38)/b31-24?,32-15+. The number of thiocarbonyl (C=S) groups is 1. The Kier molecular flexibility index (Phi) is 7.77. The highest BCUT2D eigenvalue weighted by Gasteiger charge is 2.31. The lowest BCUT2D eigenvalue weighted by Crippen LogP contribution is -2.24. The maximum Gasteiger partial charge on any atom is 0.573 e. The van der Waals surface area contributed by atoms with Gasteiger partial charge in [-0.1, -0.05) is 38.1 Å². The van der Waals surface area contributed by atoms with Crippen molar-refractivity contribution in [1.29, 1.82) is 5.41 Å². The van der Waals surface area contributed by atoms with E-state index < -0.39 is 6.36 Å². The van der Waals surface area contributed by atoms with Gasteiger partial charge in [0.15, 0.2) is 5.11 Å². The molecule has 0 unspecified atom stereocenters. The Morgan fingerprint density at radius 2 is 1.82 bits per heavy atom. The molecule has 38 heavy (non-hydrogen) atoms. The molecular weight excluding hydrogens is 513 g/mol. The number of aryl methyl sites for hydroxylation is 1. The molecule has 1 heterocycles. The van der Waals surface area contributed by atoms with Crippen LogP contribution in [0, 0.1) is 5.41 Å². The highest BCUT2D eigenvalue weighted by Crippen LogP contribution is 2.26. The van der Waals surface area contributed by atoms with E-state index in [9.17, 15) is 13.2 Å². The molecule has 4 aromatic rings. The molecule has 7 nitrogen and oxygen atoms in total. The second kappa shape index (κ2) is 11.0. The lowest BCUT2D eigenvalue weighted by Gasteiger charge is -2.14. The second-order valence-corrected chi connectivity index (χ2v) is 9.17. The number of ether oxygens (including phenoxy) is 1. The summed E-state index contributed by atoms with van der Waals surface area (Å²) in [5.74, 6) is -0.0129. The molecule has 0 saturated carbocycles. The van der Waals surface area contributed by atoms with Crippen LogP contribution in [0.4, 0.5) is 18.9 Å². The maximum absolute atomic E-state index is 12.4. The van der Waals surface area contributed by atoms with Crippen LogP contribution < -0.4 is 15.5 Å². The van der Waals surface area contributed by atoms with E-state index in [1.807, 2.05) is 42.5 Å². The lowest BCUT2D eigenvalue weighted by atomic mass is 10.0. The van der Waals surface area contributed by atoms with Crippen LogP contribution in [0.3, 0.4) is 0 Å². The van der Waals surface area contributed by atoms with E-state index in [2.05, 4.69) is 39.5 Å². The van der Waals surface area contributed by atoms with Crippen LogP contribution in [0.2, 0.25) is 0 Å². The number of rotatable bonds is 7. The fraction of sp³-hybridized carbons (Fsp3) is 0.185. The molecule has 196 valence electrons. The summed E-state index contributed by atoms with van der Waals surface area (Å²) in [6, 6.07) is 18.6. The Hall–Kier alpha value is -4.25. The third kappa shape index (κ3) is 6.35. The highest BCUT2D eigenvalue weighted by atomic mass is 32.1. The van der Waals surface area contributed by atoms with Crippen molar-refractivity contribution in [2.24, 2.45) is 12.1 Å². The first-order valence-corrected chi connectivity index (χ1v) is 12.0. The minimum absolute atomic E-state index is 0.0790. The highest BCUT2D eigenvalue weighted by molar-refractivity contribution is 7.80.